The highest BCUT2D eigenvalue weighted by molar-refractivity contribution is 5.92. The highest BCUT2D eigenvalue weighted by Gasteiger charge is 2.17. The summed E-state index contributed by atoms with van der Waals surface area (Å²) in [5, 5.41) is 8.97. The SMILES string of the molecule is Cl.O=C(O)c1ccc2c(c1)ncn2C1CCCCC1. The van der Waals surface area contributed by atoms with Crippen molar-refractivity contribution in [3.05, 3.63) is 30.1 Å². The van der Waals surface area contributed by atoms with E-state index in [1.807, 2.05) is 12.4 Å². The van der Waals surface area contributed by atoms with Crippen LogP contribution in [-0.2, 0) is 0 Å². The average Bonchev–Trinajstić information content (AvgIpc) is 2.82. The molecule has 2 aromatic rings. The second kappa shape index (κ2) is 5.61. The number of carboxylic acids is 1. The number of hydrogen-bond acceptors (Lipinski definition) is 2. The fourth-order valence-corrected chi connectivity index (χ4v) is 2.81. The zero-order valence-electron chi connectivity index (χ0n) is 10.6. The number of fused-ring (bicyclic) bond motifs is 1. The summed E-state index contributed by atoms with van der Waals surface area (Å²) in [6, 6.07) is 5.71. The van der Waals surface area contributed by atoms with Gasteiger partial charge in [0.25, 0.3) is 0 Å². The third-order valence-corrected chi connectivity index (χ3v) is 3.79. The molecule has 4 nitrogen and oxygen atoms in total. The maximum Gasteiger partial charge on any atom is 0.335 e. The summed E-state index contributed by atoms with van der Waals surface area (Å²) in [6.07, 6.45) is 8.13. The van der Waals surface area contributed by atoms with Gasteiger partial charge in [0.15, 0.2) is 0 Å². The number of hydrogen-bond donors (Lipinski definition) is 1. The van der Waals surface area contributed by atoms with E-state index < -0.39 is 5.97 Å². The van der Waals surface area contributed by atoms with Gasteiger partial charge in [0.2, 0.25) is 0 Å². The number of carbonyl (C=O) groups is 1. The van der Waals surface area contributed by atoms with Crippen molar-refractivity contribution < 1.29 is 9.90 Å². The molecule has 0 atom stereocenters. The summed E-state index contributed by atoms with van der Waals surface area (Å²) in [5.74, 6) is -0.899. The average molecular weight is 281 g/mol. The van der Waals surface area contributed by atoms with E-state index in [4.69, 9.17) is 5.11 Å². The Bertz CT molecular complexity index is 588. The van der Waals surface area contributed by atoms with Crippen LogP contribution in [0.4, 0.5) is 0 Å². The summed E-state index contributed by atoms with van der Waals surface area (Å²) < 4.78 is 2.21. The molecular weight excluding hydrogens is 264 g/mol. The molecule has 0 radical (unpaired) electrons. The van der Waals surface area contributed by atoms with Crippen LogP contribution in [0.3, 0.4) is 0 Å². The van der Waals surface area contributed by atoms with Crippen molar-refractivity contribution in [3.63, 3.8) is 0 Å². The van der Waals surface area contributed by atoms with Gasteiger partial charge in [-0.15, -0.1) is 12.4 Å². The van der Waals surface area contributed by atoms with Crippen LogP contribution in [-0.4, -0.2) is 20.6 Å². The number of nitrogens with zero attached hydrogens (tertiary/aromatic N) is 2. The molecule has 1 heterocycles. The second-order valence-electron chi connectivity index (χ2n) is 4.95. The Balaban J connectivity index is 0.00000133. The van der Waals surface area contributed by atoms with Crippen molar-refractivity contribution in [2.75, 3.05) is 0 Å². The lowest BCUT2D eigenvalue weighted by molar-refractivity contribution is 0.0697. The maximum atomic E-state index is 10.9. The molecule has 1 aliphatic rings. The molecule has 1 aliphatic carbocycles. The standard InChI is InChI=1S/C14H16N2O2.ClH/c17-14(18)10-6-7-13-12(8-10)15-9-16(13)11-4-2-1-3-5-11;/h6-9,11H,1-5H2,(H,17,18);1H. The molecule has 19 heavy (non-hydrogen) atoms. The molecule has 0 amide bonds. The number of rotatable bonds is 2. The molecule has 102 valence electrons. The number of halogens is 1. The van der Waals surface area contributed by atoms with Gasteiger partial charge >= 0.3 is 5.97 Å². The maximum absolute atomic E-state index is 10.9. The largest absolute Gasteiger partial charge is 0.478 e. The minimum atomic E-state index is -0.899. The summed E-state index contributed by atoms with van der Waals surface area (Å²) >= 11 is 0. The van der Waals surface area contributed by atoms with E-state index in [-0.39, 0.29) is 12.4 Å². The van der Waals surface area contributed by atoms with E-state index in [0.29, 0.717) is 11.6 Å². The number of aromatic carboxylic acids is 1. The number of imidazole rings is 1. The molecule has 0 saturated heterocycles. The quantitative estimate of drug-likeness (QED) is 0.913. The Kier molecular flexibility index (Phi) is 4.10. The Morgan fingerprint density at radius 3 is 2.68 bits per heavy atom. The van der Waals surface area contributed by atoms with Crippen LogP contribution in [0.25, 0.3) is 11.0 Å². The van der Waals surface area contributed by atoms with Crippen molar-refractivity contribution in [2.45, 2.75) is 38.1 Å². The summed E-state index contributed by atoms with van der Waals surface area (Å²) in [6.45, 7) is 0. The Labute approximate surface area is 117 Å². The Morgan fingerprint density at radius 2 is 2.00 bits per heavy atom. The summed E-state index contributed by atoms with van der Waals surface area (Å²) in [4.78, 5) is 15.3. The lowest BCUT2D eigenvalue weighted by atomic mass is 9.95. The molecule has 0 spiro atoms. The van der Waals surface area contributed by atoms with Crippen LogP contribution >= 0.6 is 12.4 Å². The van der Waals surface area contributed by atoms with E-state index in [1.165, 1.54) is 32.1 Å². The summed E-state index contributed by atoms with van der Waals surface area (Å²) in [7, 11) is 0. The van der Waals surface area contributed by atoms with Gasteiger partial charge in [-0.2, -0.15) is 0 Å². The third kappa shape index (κ3) is 2.59. The van der Waals surface area contributed by atoms with Crippen molar-refractivity contribution in [1.29, 1.82) is 0 Å². The van der Waals surface area contributed by atoms with Crippen LogP contribution in [0.5, 0.6) is 0 Å². The highest BCUT2D eigenvalue weighted by atomic mass is 35.5. The van der Waals surface area contributed by atoms with E-state index in [2.05, 4.69) is 9.55 Å². The monoisotopic (exact) mass is 280 g/mol. The summed E-state index contributed by atoms with van der Waals surface area (Å²) in [5.41, 5.74) is 2.13. The molecule has 0 bridgehead atoms. The number of aromatic nitrogens is 2. The molecule has 0 unspecified atom stereocenters. The Hall–Kier alpha value is -1.55. The van der Waals surface area contributed by atoms with Crippen LogP contribution in [0, 0.1) is 0 Å². The topological polar surface area (TPSA) is 55.1 Å². The molecule has 1 saturated carbocycles. The normalized spacial score (nSPS) is 16.2. The van der Waals surface area contributed by atoms with Gasteiger partial charge in [-0.3, -0.25) is 0 Å². The van der Waals surface area contributed by atoms with Gasteiger partial charge in [-0.25, -0.2) is 9.78 Å². The fourth-order valence-electron chi connectivity index (χ4n) is 2.81. The molecule has 3 rings (SSSR count). The van der Waals surface area contributed by atoms with Crippen molar-refractivity contribution in [1.82, 2.24) is 9.55 Å². The van der Waals surface area contributed by atoms with Gasteiger partial charge in [0.05, 0.1) is 22.9 Å². The van der Waals surface area contributed by atoms with E-state index in [1.54, 1.807) is 12.1 Å². The molecule has 5 heteroatoms. The van der Waals surface area contributed by atoms with Crippen molar-refractivity contribution >= 4 is 29.4 Å². The first-order chi connectivity index (χ1) is 8.75. The van der Waals surface area contributed by atoms with Crippen molar-refractivity contribution in [2.24, 2.45) is 0 Å². The first kappa shape index (κ1) is 13.9. The first-order valence-corrected chi connectivity index (χ1v) is 6.45. The molecule has 1 aromatic heterocycles. The van der Waals surface area contributed by atoms with Gasteiger partial charge in [0.1, 0.15) is 0 Å². The van der Waals surface area contributed by atoms with E-state index in [9.17, 15) is 4.79 Å². The third-order valence-electron chi connectivity index (χ3n) is 3.79. The minimum absolute atomic E-state index is 0. The molecular formula is C14H17ClN2O2. The fraction of sp³-hybridized carbons (Fsp3) is 0.429. The van der Waals surface area contributed by atoms with E-state index >= 15 is 0 Å². The van der Waals surface area contributed by atoms with Gasteiger partial charge < -0.3 is 9.67 Å². The lowest BCUT2D eigenvalue weighted by Gasteiger charge is -2.23. The molecule has 1 aromatic carbocycles. The van der Waals surface area contributed by atoms with E-state index in [0.717, 1.165) is 11.0 Å². The second-order valence-corrected chi connectivity index (χ2v) is 4.95. The Morgan fingerprint density at radius 1 is 1.26 bits per heavy atom. The number of carboxylic acid groups (broad SMARTS) is 1. The predicted octanol–water partition coefficient (Wildman–Crippen LogP) is 3.66. The van der Waals surface area contributed by atoms with Gasteiger partial charge in [-0.05, 0) is 31.0 Å². The zero-order chi connectivity index (χ0) is 12.5. The van der Waals surface area contributed by atoms with Gasteiger partial charge in [0, 0.05) is 6.04 Å². The van der Waals surface area contributed by atoms with Crippen molar-refractivity contribution in [3.8, 4) is 0 Å². The van der Waals surface area contributed by atoms with Crippen LogP contribution in [0.15, 0.2) is 24.5 Å². The first-order valence-electron chi connectivity index (χ1n) is 6.45. The minimum Gasteiger partial charge on any atom is -0.478 e. The lowest BCUT2D eigenvalue weighted by Crippen LogP contribution is -2.11. The number of benzene rings is 1. The van der Waals surface area contributed by atoms with Crippen LogP contribution < -0.4 is 0 Å². The van der Waals surface area contributed by atoms with Crippen LogP contribution in [0.1, 0.15) is 48.5 Å². The highest BCUT2D eigenvalue weighted by Crippen LogP contribution is 2.30. The predicted molar refractivity (Wildman–Crippen MR) is 76.1 cm³/mol. The smallest absolute Gasteiger partial charge is 0.335 e. The molecule has 1 N–H and O–H groups in total. The molecule has 1 fully saturated rings. The zero-order valence-corrected chi connectivity index (χ0v) is 11.4. The van der Waals surface area contributed by atoms with Gasteiger partial charge in [-0.1, -0.05) is 19.3 Å². The van der Waals surface area contributed by atoms with Crippen LogP contribution in [0.2, 0.25) is 0 Å². The molecule has 0 aliphatic heterocycles.